The van der Waals surface area contributed by atoms with Crippen LogP contribution in [0.3, 0.4) is 0 Å². The first-order valence-corrected chi connectivity index (χ1v) is 25.7. The van der Waals surface area contributed by atoms with E-state index < -0.39 is 49.5 Å². The van der Waals surface area contributed by atoms with E-state index in [9.17, 15) is 30.3 Å². The summed E-state index contributed by atoms with van der Waals surface area (Å²) in [6.45, 7) is 3.65. The van der Waals surface area contributed by atoms with Gasteiger partial charge in [0.1, 0.15) is 24.4 Å². The Morgan fingerprint density at radius 2 is 0.984 bits per heavy atom. The van der Waals surface area contributed by atoms with E-state index in [1.54, 1.807) is 6.08 Å². The molecular weight excluding hydrogens is 791 g/mol. The summed E-state index contributed by atoms with van der Waals surface area (Å²) in [5.41, 5.74) is 0. The quantitative estimate of drug-likeness (QED) is 0.0262. The van der Waals surface area contributed by atoms with Gasteiger partial charge in [-0.25, -0.2) is 0 Å². The second-order valence-electron chi connectivity index (χ2n) is 17.6. The van der Waals surface area contributed by atoms with Gasteiger partial charge in [0.2, 0.25) is 5.91 Å². The number of hydrogen-bond donors (Lipinski definition) is 6. The predicted molar refractivity (Wildman–Crippen MR) is 262 cm³/mol. The first-order chi connectivity index (χ1) is 30.8. The summed E-state index contributed by atoms with van der Waals surface area (Å²) < 4.78 is 11.2. The van der Waals surface area contributed by atoms with Gasteiger partial charge in [-0.1, -0.05) is 209 Å². The number of carbonyl (C=O) groups excluding carboxylic acids is 1. The molecule has 364 valence electrons. The highest BCUT2D eigenvalue weighted by atomic mass is 16.7. The normalized spacial score (nSPS) is 20.8. The number of aliphatic hydroxyl groups excluding tert-OH is 5. The molecule has 0 aromatic rings. The van der Waals surface area contributed by atoms with Gasteiger partial charge in [-0.2, -0.15) is 0 Å². The number of hydrogen-bond acceptors (Lipinski definition) is 8. The van der Waals surface area contributed by atoms with Crippen LogP contribution >= 0.6 is 0 Å². The fourth-order valence-corrected chi connectivity index (χ4v) is 7.71. The number of unbranched alkanes of at least 4 members (excludes halogenated alkanes) is 22. The molecule has 1 saturated heterocycles. The molecule has 7 unspecified atom stereocenters. The van der Waals surface area contributed by atoms with Crippen LogP contribution in [0.25, 0.3) is 0 Å². The largest absolute Gasteiger partial charge is 0.394 e. The first kappa shape index (κ1) is 58.6. The van der Waals surface area contributed by atoms with E-state index in [4.69, 9.17) is 9.47 Å². The zero-order chi connectivity index (χ0) is 45.9. The number of rotatable bonds is 42. The van der Waals surface area contributed by atoms with Gasteiger partial charge < -0.3 is 40.3 Å². The molecule has 0 radical (unpaired) electrons. The molecule has 1 amide bonds. The Kier molecular flexibility index (Phi) is 40.5. The lowest BCUT2D eigenvalue weighted by atomic mass is 9.99. The monoisotopic (exact) mass is 886 g/mol. The van der Waals surface area contributed by atoms with Gasteiger partial charge in [0.15, 0.2) is 6.29 Å². The van der Waals surface area contributed by atoms with Crippen molar-refractivity contribution in [1.82, 2.24) is 5.32 Å². The zero-order valence-corrected chi connectivity index (χ0v) is 40.1. The molecule has 9 heteroatoms. The van der Waals surface area contributed by atoms with Gasteiger partial charge in [-0.15, -0.1) is 0 Å². The molecule has 1 fully saturated rings. The van der Waals surface area contributed by atoms with Crippen molar-refractivity contribution in [2.75, 3.05) is 13.2 Å². The molecule has 0 aliphatic carbocycles. The maximum absolute atomic E-state index is 13.0. The Hall–Kier alpha value is -2.37. The summed E-state index contributed by atoms with van der Waals surface area (Å²) in [5.74, 6) is -0.184. The molecule has 0 aromatic heterocycles. The Balaban J connectivity index is 2.24. The number of amides is 1. The van der Waals surface area contributed by atoms with Crippen LogP contribution < -0.4 is 5.32 Å². The highest BCUT2D eigenvalue weighted by molar-refractivity contribution is 5.76. The fraction of sp³-hybridized carbons (Fsp3) is 0.759. The lowest BCUT2D eigenvalue weighted by molar-refractivity contribution is -0.302. The average Bonchev–Trinajstić information content (AvgIpc) is 3.28. The third kappa shape index (κ3) is 33.7. The number of carbonyl (C=O) groups is 1. The van der Waals surface area contributed by atoms with E-state index in [0.717, 1.165) is 70.6 Å². The van der Waals surface area contributed by atoms with Crippen LogP contribution in [0.2, 0.25) is 0 Å². The van der Waals surface area contributed by atoms with Crippen LogP contribution in [0.4, 0.5) is 0 Å². The molecule has 0 bridgehead atoms. The third-order valence-electron chi connectivity index (χ3n) is 11.8. The molecule has 0 saturated carbocycles. The van der Waals surface area contributed by atoms with Gasteiger partial charge in [0, 0.05) is 6.42 Å². The molecule has 6 N–H and O–H groups in total. The number of aliphatic hydroxyl groups is 5. The molecule has 9 nitrogen and oxygen atoms in total. The molecule has 0 aromatic carbocycles. The van der Waals surface area contributed by atoms with Crippen molar-refractivity contribution in [2.45, 2.75) is 249 Å². The average molecular weight is 886 g/mol. The van der Waals surface area contributed by atoms with Gasteiger partial charge in [0.25, 0.3) is 0 Å². The number of allylic oxidation sites excluding steroid dienone is 11. The van der Waals surface area contributed by atoms with E-state index in [2.05, 4.69) is 79.9 Å². The highest BCUT2D eigenvalue weighted by Gasteiger charge is 2.44. The van der Waals surface area contributed by atoms with E-state index in [1.165, 1.54) is 116 Å². The van der Waals surface area contributed by atoms with Crippen LogP contribution in [0.15, 0.2) is 72.9 Å². The molecule has 1 aliphatic rings. The molecule has 1 heterocycles. The third-order valence-corrected chi connectivity index (χ3v) is 11.8. The lowest BCUT2D eigenvalue weighted by Crippen LogP contribution is -2.60. The minimum absolute atomic E-state index is 0.184. The number of nitrogens with one attached hydrogen (secondary N) is 1. The van der Waals surface area contributed by atoms with Crippen molar-refractivity contribution >= 4 is 5.91 Å². The Labute approximate surface area is 385 Å². The van der Waals surface area contributed by atoms with E-state index in [0.29, 0.717) is 6.42 Å². The Bertz CT molecular complexity index is 1210. The van der Waals surface area contributed by atoms with Gasteiger partial charge in [0.05, 0.1) is 25.4 Å². The molecule has 1 aliphatic heterocycles. The minimum Gasteiger partial charge on any atom is -0.394 e. The molecule has 7 atom stereocenters. The van der Waals surface area contributed by atoms with Crippen molar-refractivity contribution in [3.63, 3.8) is 0 Å². The van der Waals surface area contributed by atoms with Crippen LogP contribution in [-0.2, 0) is 14.3 Å². The van der Waals surface area contributed by atoms with E-state index in [-0.39, 0.29) is 12.5 Å². The predicted octanol–water partition coefficient (Wildman–Crippen LogP) is 11.7. The minimum atomic E-state index is -1.57. The summed E-state index contributed by atoms with van der Waals surface area (Å²) in [5, 5.41) is 54.3. The first-order valence-electron chi connectivity index (χ1n) is 25.7. The van der Waals surface area contributed by atoms with Crippen LogP contribution in [0, 0.1) is 0 Å². The van der Waals surface area contributed by atoms with E-state index in [1.807, 2.05) is 6.08 Å². The van der Waals surface area contributed by atoms with Gasteiger partial charge in [-0.3, -0.25) is 4.79 Å². The van der Waals surface area contributed by atoms with Gasteiger partial charge >= 0.3 is 0 Å². The summed E-state index contributed by atoms with van der Waals surface area (Å²) in [6, 6.07) is -0.809. The van der Waals surface area contributed by atoms with Crippen LogP contribution in [-0.4, -0.2) is 87.5 Å². The SMILES string of the molecule is CC/C=C\C/C=C\C/C=C\C/C=C\C/C=C\CCCCCCCCCCCCCC(=O)NC(COC1OC(CO)C(O)C(O)C1O)C(O)/C=C/CCCCCCCCCCCCC. The number of ether oxygens (including phenoxy) is 2. The smallest absolute Gasteiger partial charge is 0.220 e. The summed E-state index contributed by atoms with van der Waals surface area (Å²) >= 11 is 0. The summed E-state index contributed by atoms with van der Waals surface area (Å²) in [4.78, 5) is 13.0. The summed E-state index contributed by atoms with van der Waals surface area (Å²) in [7, 11) is 0. The van der Waals surface area contributed by atoms with Crippen molar-refractivity contribution < 1.29 is 39.8 Å². The summed E-state index contributed by atoms with van der Waals surface area (Å²) in [6.07, 6.45) is 52.3. The second-order valence-corrected chi connectivity index (χ2v) is 17.6. The van der Waals surface area contributed by atoms with Crippen molar-refractivity contribution in [3.05, 3.63) is 72.9 Å². The molecule has 0 spiro atoms. The van der Waals surface area contributed by atoms with Crippen molar-refractivity contribution in [2.24, 2.45) is 0 Å². The van der Waals surface area contributed by atoms with Crippen LogP contribution in [0.5, 0.6) is 0 Å². The topological polar surface area (TPSA) is 149 Å². The maximum atomic E-state index is 13.0. The van der Waals surface area contributed by atoms with Gasteiger partial charge in [-0.05, 0) is 64.2 Å². The maximum Gasteiger partial charge on any atom is 0.220 e. The molecule has 1 rings (SSSR count). The Morgan fingerprint density at radius 3 is 1.46 bits per heavy atom. The highest BCUT2D eigenvalue weighted by Crippen LogP contribution is 2.23. The lowest BCUT2D eigenvalue weighted by Gasteiger charge is -2.40. The zero-order valence-electron chi connectivity index (χ0n) is 40.1. The molecular formula is C54H95NO8. The van der Waals surface area contributed by atoms with E-state index >= 15 is 0 Å². The van der Waals surface area contributed by atoms with Crippen molar-refractivity contribution in [3.8, 4) is 0 Å². The Morgan fingerprint density at radius 1 is 0.556 bits per heavy atom. The standard InChI is InChI=1S/C54H95NO8/c1-3-5-7-9-11-13-15-17-18-19-20-21-22-23-24-25-26-27-28-29-30-32-34-36-38-40-42-44-50(58)55-47(46-62-54-53(61)52(60)51(59)49(45-56)63-54)48(57)43-41-39-37-35-33-31-16-14-12-10-8-6-4-2/h5,7,11,13,17-18,20-21,23-24,41,43,47-49,51-54,56-57,59-61H,3-4,6,8-10,12,14-16,19,22,25-40,42,44-46H2,1-2H3,(H,55,58)/b7-5-,13-11-,18-17-,21-20-,24-23-,43-41+. The molecule has 63 heavy (non-hydrogen) atoms. The fourth-order valence-electron chi connectivity index (χ4n) is 7.71. The second kappa shape index (κ2) is 43.5. The van der Waals surface area contributed by atoms with Crippen molar-refractivity contribution in [1.29, 1.82) is 0 Å². The van der Waals surface area contributed by atoms with Crippen LogP contribution in [0.1, 0.15) is 206 Å².